The molecule has 0 aromatic carbocycles. The first-order valence-corrected chi connectivity index (χ1v) is 3.44. The minimum absolute atomic E-state index is 0.0904. The van der Waals surface area contributed by atoms with Crippen molar-refractivity contribution in [1.29, 1.82) is 0 Å². The number of alkyl halides is 3. The van der Waals surface area contributed by atoms with Crippen LogP contribution in [0.4, 0.5) is 13.2 Å². The first kappa shape index (κ1) is 7.81. The van der Waals surface area contributed by atoms with Crippen LogP contribution in [0.5, 0.6) is 0 Å². The highest BCUT2D eigenvalue weighted by atomic mass is 35.5. The van der Waals surface area contributed by atoms with Gasteiger partial charge in [0, 0.05) is 5.38 Å². The Labute approximate surface area is 63.5 Å². The molecule has 0 aliphatic rings. The van der Waals surface area contributed by atoms with Gasteiger partial charge in [-0.2, -0.15) is 13.2 Å². The Kier molecular flexibility index (Phi) is 1.87. The quantitative estimate of drug-likeness (QED) is 0.609. The van der Waals surface area contributed by atoms with Crippen molar-refractivity contribution in [3.05, 3.63) is 15.5 Å². The van der Waals surface area contributed by atoms with E-state index >= 15 is 0 Å². The van der Waals surface area contributed by atoms with Crippen LogP contribution in [0.25, 0.3) is 0 Å². The zero-order valence-corrected chi connectivity index (χ0v) is 6.02. The standard InChI is InChI=1S/C4HClF3NS/c5-3-9-2(1-10-3)4(6,7)8/h1H. The highest BCUT2D eigenvalue weighted by Crippen LogP contribution is 2.31. The molecule has 10 heavy (non-hydrogen) atoms. The highest BCUT2D eigenvalue weighted by molar-refractivity contribution is 7.13. The predicted octanol–water partition coefficient (Wildman–Crippen LogP) is 2.82. The second-order valence-electron chi connectivity index (χ2n) is 1.48. The van der Waals surface area contributed by atoms with E-state index in [9.17, 15) is 13.2 Å². The number of rotatable bonds is 0. The van der Waals surface area contributed by atoms with E-state index in [1.807, 2.05) is 0 Å². The number of nitrogens with zero attached hydrogens (tertiary/aromatic N) is 1. The lowest BCUT2D eigenvalue weighted by atomic mass is 10.5. The summed E-state index contributed by atoms with van der Waals surface area (Å²) in [5.74, 6) is 0. The zero-order valence-electron chi connectivity index (χ0n) is 4.44. The van der Waals surface area contributed by atoms with Crippen molar-refractivity contribution in [3.8, 4) is 0 Å². The van der Waals surface area contributed by atoms with Gasteiger partial charge in [0.2, 0.25) is 0 Å². The van der Waals surface area contributed by atoms with E-state index in [2.05, 4.69) is 4.98 Å². The molecule has 1 aromatic heterocycles. The second-order valence-corrected chi connectivity index (χ2v) is 2.92. The molecule has 0 saturated carbocycles. The maximum Gasteiger partial charge on any atom is 0.434 e. The highest BCUT2D eigenvalue weighted by Gasteiger charge is 2.33. The first-order valence-electron chi connectivity index (χ1n) is 2.18. The van der Waals surface area contributed by atoms with E-state index < -0.39 is 11.9 Å². The summed E-state index contributed by atoms with van der Waals surface area (Å²) >= 11 is 5.94. The van der Waals surface area contributed by atoms with Crippen molar-refractivity contribution in [2.75, 3.05) is 0 Å². The SMILES string of the molecule is FC(F)(F)c1csc(Cl)n1. The second kappa shape index (κ2) is 2.39. The lowest BCUT2D eigenvalue weighted by Gasteiger charge is -1.98. The van der Waals surface area contributed by atoms with E-state index in [0.717, 1.165) is 16.7 Å². The molecule has 0 bridgehead atoms. The summed E-state index contributed by atoms with van der Waals surface area (Å²) in [6.07, 6.45) is -4.37. The molecular weight excluding hydrogens is 187 g/mol. The summed E-state index contributed by atoms with van der Waals surface area (Å²) in [6, 6.07) is 0. The van der Waals surface area contributed by atoms with Crippen molar-refractivity contribution >= 4 is 22.9 Å². The van der Waals surface area contributed by atoms with Crippen LogP contribution in [-0.2, 0) is 6.18 Å². The summed E-state index contributed by atoms with van der Waals surface area (Å²) in [7, 11) is 0. The van der Waals surface area contributed by atoms with E-state index in [1.165, 1.54) is 0 Å². The van der Waals surface area contributed by atoms with Crippen molar-refractivity contribution in [1.82, 2.24) is 4.98 Å². The lowest BCUT2D eigenvalue weighted by molar-refractivity contribution is -0.140. The third-order valence-electron chi connectivity index (χ3n) is 0.767. The minimum atomic E-state index is -4.37. The van der Waals surface area contributed by atoms with Crippen molar-refractivity contribution < 1.29 is 13.2 Å². The van der Waals surface area contributed by atoms with E-state index in [0.29, 0.717) is 0 Å². The van der Waals surface area contributed by atoms with Gasteiger partial charge in [-0.15, -0.1) is 11.3 Å². The Morgan fingerprint density at radius 3 is 2.30 bits per heavy atom. The van der Waals surface area contributed by atoms with Gasteiger partial charge in [0.05, 0.1) is 0 Å². The Morgan fingerprint density at radius 1 is 1.50 bits per heavy atom. The van der Waals surface area contributed by atoms with Gasteiger partial charge in [0.15, 0.2) is 10.2 Å². The largest absolute Gasteiger partial charge is 0.434 e. The van der Waals surface area contributed by atoms with Crippen molar-refractivity contribution in [3.63, 3.8) is 0 Å². The molecule has 0 saturated heterocycles. The first-order chi connectivity index (χ1) is 4.50. The monoisotopic (exact) mass is 187 g/mol. The number of aromatic nitrogens is 1. The summed E-state index contributed by atoms with van der Waals surface area (Å²) in [5.41, 5.74) is -0.928. The smallest absolute Gasteiger partial charge is 0.220 e. The molecule has 0 amide bonds. The summed E-state index contributed by atoms with van der Waals surface area (Å²) < 4.78 is 35.0. The Bertz CT molecular complexity index is 231. The van der Waals surface area contributed by atoms with Gasteiger partial charge in [-0.25, -0.2) is 4.98 Å². The van der Waals surface area contributed by atoms with E-state index in [1.54, 1.807) is 0 Å². The summed E-state index contributed by atoms with van der Waals surface area (Å²) in [4.78, 5) is 3.04. The van der Waals surface area contributed by atoms with Gasteiger partial charge in [0.1, 0.15) is 0 Å². The molecule has 0 spiro atoms. The minimum Gasteiger partial charge on any atom is -0.220 e. The lowest BCUT2D eigenvalue weighted by Crippen LogP contribution is -2.04. The molecule has 56 valence electrons. The molecule has 1 nitrogen and oxygen atoms in total. The molecule has 6 heteroatoms. The van der Waals surface area contributed by atoms with Crippen LogP contribution in [0.15, 0.2) is 5.38 Å². The molecule has 1 rings (SSSR count). The van der Waals surface area contributed by atoms with E-state index in [4.69, 9.17) is 11.6 Å². The van der Waals surface area contributed by atoms with Gasteiger partial charge in [-0.1, -0.05) is 11.6 Å². The third kappa shape index (κ3) is 1.60. The molecule has 0 aliphatic carbocycles. The topological polar surface area (TPSA) is 12.9 Å². The average Bonchev–Trinajstić information content (AvgIpc) is 2.11. The fourth-order valence-electron chi connectivity index (χ4n) is 0.382. The van der Waals surface area contributed by atoms with Gasteiger partial charge in [-0.05, 0) is 0 Å². The molecule has 0 aliphatic heterocycles. The molecular formula is C4HClF3NS. The van der Waals surface area contributed by atoms with Crippen LogP contribution in [0.1, 0.15) is 5.69 Å². The molecule has 0 N–H and O–H groups in total. The van der Waals surface area contributed by atoms with Crippen LogP contribution in [-0.4, -0.2) is 4.98 Å². The molecule has 0 radical (unpaired) electrons. The average molecular weight is 188 g/mol. The van der Waals surface area contributed by atoms with Crippen LogP contribution < -0.4 is 0 Å². The van der Waals surface area contributed by atoms with Crippen LogP contribution in [0.2, 0.25) is 4.47 Å². The number of halogens is 4. The molecule has 0 unspecified atom stereocenters. The van der Waals surface area contributed by atoms with Crippen molar-refractivity contribution in [2.24, 2.45) is 0 Å². The molecule has 1 aromatic rings. The van der Waals surface area contributed by atoms with Crippen LogP contribution in [0.3, 0.4) is 0 Å². The fraction of sp³-hybridized carbons (Fsp3) is 0.250. The Morgan fingerprint density at radius 2 is 2.10 bits per heavy atom. The summed E-state index contributed by atoms with van der Waals surface area (Å²) in [6.45, 7) is 0. The van der Waals surface area contributed by atoms with Gasteiger partial charge < -0.3 is 0 Å². The number of thiazole rings is 1. The predicted molar refractivity (Wildman–Crippen MR) is 32.1 cm³/mol. The molecule has 1 heterocycles. The van der Waals surface area contributed by atoms with Gasteiger partial charge in [-0.3, -0.25) is 0 Å². The van der Waals surface area contributed by atoms with Gasteiger partial charge >= 0.3 is 6.18 Å². The van der Waals surface area contributed by atoms with Crippen LogP contribution in [0, 0.1) is 0 Å². The summed E-state index contributed by atoms with van der Waals surface area (Å²) in [5, 5.41) is 0.877. The van der Waals surface area contributed by atoms with E-state index in [-0.39, 0.29) is 4.47 Å². The maximum atomic E-state index is 11.7. The maximum absolute atomic E-state index is 11.7. The number of hydrogen-bond donors (Lipinski definition) is 0. The number of hydrogen-bond acceptors (Lipinski definition) is 2. The molecule has 0 fully saturated rings. The normalized spacial score (nSPS) is 12.0. The fourth-order valence-corrected chi connectivity index (χ4v) is 1.15. The Balaban J connectivity index is 2.96. The third-order valence-corrected chi connectivity index (χ3v) is 1.75. The Hall–Kier alpha value is -0.290. The van der Waals surface area contributed by atoms with Crippen molar-refractivity contribution in [2.45, 2.75) is 6.18 Å². The molecule has 0 atom stereocenters. The zero-order chi connectivity index (χ0) is 7.78. The van der Waals surface area contributed by atoms with Crippen LogP contribution >= 0.6 is 22.9 Å². The van der Waals surface area contributed by atoms with Gasteiger partial charge in [0.25, 0.3) is 0 Å².